The van der Waals surface area contributed by atoms with Gasteiger partial charge < -0.3 is 19.7 Å². The van der Waals surface area contributed by atoms with Crippen molar-refractivity contribution in [3.63, 3.8) is 0 Å². The Balaban J connectivity index is 2.26. The zero-order valence-electron chi connectivity index (χ0n) is 18.9. The maximum atomic E-state index is 13.2. The third kappa shape index (κ3) is 7.04. The predicted molar refractivity (Wildman–Crippen MR) is 127 cm³/mol. The van der Waals surface area contributed by atoms with Crippen molar-refractivity contribution in [3.05, 3.63) is 58.1 Å². The van der Waals surface area contributed by atoms with Crippen LogP contribution in [0.4, 0.5) is 0 Å². The number of nitrogens with zero attached hydrogens (tertiary/aromatic N) is 1. The van der Waals surface area contributed by atoms with E-state index in [0.29, 0.717) is 33.5 Å². The van der Waals surface area contributed by atoms with Crippen molar-refractivity contribution < 1.29 is 19.1 Å². The normalized spacial score (nSPS) is 12.6. The summed E-state index contributed by atoms with van der Waals surface area (Å²) in [7, 11) is 1.58. The molecule has 0 aliphatic carbocycles. The first-order valence-electron chi connectivity index (χ1n) is 10.6. The molecule has 6 nitrogen and oxygen atoms in total. The van der Waals surface area contributed by atoms with Crippen LogP contribution in [-0.4, -0.2) is 42.5 Å². The number of methoxy groups -OCH3 is 1. The summed E-state index contributed by atoms with van der Waals surface area (Å²) in [5.41, 5.74) is 0.587. The second-order valence-corrected chi connectivity index (χ2v) is 8.24. The van der Waals surface area contributed by atoms with Crippen LogP contribution in [0.1, 0.15) is 39.2 Å². The van der Waals surface area contributed by atoms with Gasteiger partial charge in [0.2, 0.25) is 5.91 Å². The Morgan fingerprint density at radius 2 is 1.59 bits per heavy atom. The number of hydrogen-bond donors (Lipinski definition) is 1. The molecule has 1 N–H and O–H groups in total. The van der Waals surface area contributed by atoms with Crippen LogP contribution in [0.3, 0.4) is 0 Å². The molecule has 2 aromatic rings. The van der Waals surface area contributed by atoms with E-state index < -0.39 is 6.04 Å². The molecule has 2 amide bonds. The molecule has 0 spiro atoms. The maximum absolute atomic E-state index is 13.2. The van der Waals surface area contributed by atoms with Gasteiger partial charge in [-0.05, 0) is 56.2 Å². The summed E-state index contributed by atoms with van der Waals surface area (Å²) < 4.78 is 10.8. The molecule has 0 aliphatic heterocycles. The SMILES string of the molecule is CC[C@@H](C)NC(=O)[C@@H](CC)N(Cc1c(Cl)cccc1Cl)C(=O)COc1ccc(OC)cc1. The average Bonchev–Trinajstić information content (AvgIpc) is 2.79. The number of nitrogens with one attached hydrogen (secondary N) is 1. The van der Waals surface area contributed by atoms with Crippen molar-refractivity contribution in [1.82, 2.24) is 10.2 Å². The van der Waals surface area contributed by atoms with Crippen LogP contribution in [0, 0.1) is 0 Å². The van der Waals surface area contributed by atoms with Gasteiger partial charge in [-0.25, -0.2) is 0 Å². The van der Waals surface area contributed by atoms with Gasteiger partial charge in [0.15, 0.2) is 6.61 Å². The molecule has 0 heterocycles. The Labute approximate surface area is 199 Å². The van der Waals surface area contributed by atoms with E-state index in [-0.39, 0.29) is 31.0 Å². The van der Waals surface area contributed by atoms with E-state index in [9.17, 15) is 9.59 Å². The van der Waals surface area contributed by atoms with Crippen molar-refractivity contribution >= 4 is 35.0 Å². The third-order valence-electron chi connectivity index (χ3n) is 5.20. The molecule has 2 rings (SSSR count). The van der Waals surface area contributed by atoms with E-state index in [1.54, 1.807) is 49.6 Å². The first-order chi connectivity index (χ1) is 15.3. The van der Waals surface area contributed by atoms with Crippen molar-refractivity contribution in [1.29, 1.82) is 0 Å². The highest BCUT2D eigenvalue weighted by Gasteiger charge is 2.30. The van der Waals surface area contributed by atoms with Crippen LogP contribution in [-0.2, 0) is 16.1 Å². The summed E-state index contributed by atoms with van der Waals surface area (Å²) >= 11 is 12.7. The molecular formula is C24H30Cl2N2O4. The Bertz CT molecular complexity index is 885. The van der Waals surface area contributed by atoms with Crippen molar-refractivity contribution in [3.8, 4) is 11.5 Å². The zero-order valence-corrected chi connectivity index (χ0v) is 20.4. The summed E-state index contributed by atoms with van der Waals surface area (Å²) in [6, 6.07) is 11.4. The lowest BCUT2D eigenvalue weighted by molar-refractivity contribution is -0.143. The Kier molecular flexibility index (Phi) is 10.1. The summed E-state index contributed by atoms with van der Waals surface area (Å²) in [6.45, 7) is 5.63. The van der Waals surface area contributed by atoms with Gasteiger partial charge in [-0.3, -0.25) is 9.59 Å². The summed E-state index contributed by atoms with van der Waals surface area (Å²) in [6.07, 6.45) is 1.21. The lowest BCUT2D eigenvalue weighted by atomic mass is 10.1. The van der Waals surface area contributed by atoms with Gasteiger partial charge in [-0.2, -0.15) is 0 Å². The number of amides is 2. The minimum atomic E-state index is -0.691. The molecule has 8 heteroatoms. The van der Waals surface area contributed by atoms with Crippen molar-refractivity contribution in [2.24, 2.45) is 0 Å². The monoisotopic (exact) mass is 480 g/mol. The fraction of sp³-hybridized carbons (Fsp3) is 0.417. The fourth-order valence-electron chi connectivity index (χ4n) is 3.11. The summed E-state index contributed by atoms with van der Waals surface area (Å²) in [4.78, 5) is 27.7. The van der Waals surface area contributed by atoms with Crippen LogP contribution in [0.15, 0.2) is 42.5 Å². The molecular weight excluding hydrogens is 451 g/mol. The number of halogens is 2. The smallest absolute Gasteiger partial charge is 0.261 e. The van der Waals surface area contributed by atoms with Gasteiger partial charge in [0, 0.05) is 28.2 Å². The molecule has 174 valence electrons. The zero-order chi connectivity index (χ0) is 23.7. The van der Waals surface area contributed by atoms with Crippen molar-refractivity contribution in [2.75, 3.05) is 13.7 Å². The predicted octanol–water partition coefficient (Wildman–Crippen LogP) is 5.10. The molecule has 0 radical (unpaired) electrons. The van der Waals surface area contributed by atoms with E-state index in [1.165, 1.54) is 4.90 Å². The van der Waals surface area contributed by atoms with Crippen LogP contribution < -0.4 is 14.8 Å². The Hall–Kier alpha value is -2.44. The number of benzene rings is 2. The average molecular weight is 481 g/mol. The largest absolute Gasteiger partial charge is 0.497 e. The first-order valence-corrected chi connectivity index (χ1v) is 11.4. The second kappa shape index (κ2) is 12.6. The van der Waals surface area contributed by atoms with Gasteiger partial charge in [0.05, 0.1) is 7.11 Å². The van der Waals surface area contributed by atoms with Crippen LogP contribution in [0.25, 0.3) is 0 Å². The van der Waals surface area contributed by atoms with Gasteiger partial charge in [-0.15, -0.1) is 0 Å². The molecule has 0 unspecified atom stereocenters. The standard InChI is InChI=1S/C24H30Cl2N2O4/c1-5-16(3)27-24(30)22(6-2)28(14-19-20(25)8-7-9-21(19)26)23(29)15-32-18-12-10-17(31-4)11-13-18/h7-13,16,22H,5-6,14-15H2,1-4H3,(H,27,30)/t16-,22-/m1/s1. The topological polar surface area (TPSA) is 67.9 Å². The molecule has 2 atom stereocenters. The fourth-order valence-corrected chi connectivity index (χ4v) is 3.63. The molecule has 0 saturated heterocycles. The highest BCUT2D eigenvalue weighted by atomic mass is 35.5. The lowest BCUT2D eigenvalue weighted by Gasteiger charge is -2.31. The molecule has 0 saturated carbocycles. The molecule has 0 fully saturated rings. The summed E-state index contributed by atoms with van der Waals surface area (Å²) in [5.74, 6) is 0.643. The number of ether oxygens (including phenoxy) is 2. The molecule has 0 bridgehead atoms. The second-order valence-electron chi connectivity index (χ2n) is 7.43. The van der Waals surface area contributed by atoms with Crippen LogP contribution >= 0.6 is 23.2 Å². The Morgan fingerprint density at radius 1 is 1.00 bits per heavy atom. The van der Waals surface area contributed by atoms with E-state index in [4.69, 9.17) is 32.7 Å². The number of hydrogen-bond acceptors (Lipinski definition) is 4. The number of rotatable bonds is 11. The number of carbonyl (C=O) groups is 2. The number of carbonyl (C=O) groups excluding carboxylic acids is 2. The quantitative estimate of drug-likeness (QED) is 0.485. The van der Waals surface area contributed by atoms with Crippen molar-refractivity contribution in [2.45, 2.75) is 52.2 Å². The lowest BCUT2D eigenvalue weighted by Crippen LogP contribution is -2.51. The van der Waals surface area contributed by atoms with Crippen LogP contribution in [0.2, 0.25) is 10.0 Å². The minimum absolute atomic E-state index is 0.00653. The highest BCUT2D eigenvalue weighted by Crippen LogP contribution is 2.27. The highest BCUT2D eigenvalue weighted by molar-refractivity contribution is 6.36. The molecule has 0 aromatic heterocycles. The van der Waals surface area contributed by atoms with E-state index in [0.717, 1.165) is 6.42 Å². The van der Waals surface area contributed by atoms with Gasteiger partial charge in [0.25, 0.3) is 5.91 Å². The first kappa shape index (κ1) is 25.8. The maximum Gasteiger partial charge on any atom is 0.261 e. The van der Waals surface area contributed by atoms with E-state index >= 15 is 0 Å². The third-order valence-corrected chi connectivity index (χ3v) is 5.91. The molecule has 32 heavy (non-hydrogen) atoms. The minimum Gasteiger partial charge on any atom is -0.497 e. The summed E-state index contributed by atoms with van der Waals surface area (Å²) in [5, 5.41) is 3.83. The van der Waals surface area contributed by atoms with Gasteiger partial charge >= 0.3 is 0 Å². The molecule has 2 aromatic carbocycles. The van der Waals surface area contributed by atoms with Gasteiger partial charge in [-0.1, -0.05) is 43.1 Å². The Morgan fingerprint density at radius 3 is 2.12 bits per heavy atom. The van der Waals surface area contributed by atoms with E-state index in [1.807, 2.05) is 20.8 Å². The van der Waals surface area contributed by atoms with Gasteiger partial charge in [0.1, 0.15) is 17.5 Å². The van der Waals surface area contributed by atoms with Crippen LogP contribution in [0.5, 0.6) is 11.5 Å². The molecule has 0 aliphatic rings. The van der Waals surface area contributed by atoms with E-state index in [2.05, 4.69) is 5.32 Å².